The van der Waals surface area contributed by atoms with Crippen LogP contribution in [0.4, 0.5) is 0 Å². The maximum absolute atomic E-state index is 10.0. The molecule has 0 aliphatic rings. The van der Waals surface area contributed by atoms with E-state index >= 15 is 0 Å². The zero-order valence-corrected chi connectivity index (χ0v) is 13.1. The summed E-state index contributed by atoms with van der Waals surface area (Å²) in [7, 11) is 0. The summed E-state index contributed by atoms with van der Waals surface area (Å²) in [6.45, 7) is 2.94. The molecule has 0 saturated carbocycles. The van der Waals surface area contributed by atoms with Crippen LogP contribution in [-0.2, 0) is 35.7 Å². The van der Waals surface area contributed by atoms with E-state index in [1.165, 1.54) is 10.9 Å². The van der Waals surface area contributed by atoms with Crippen molar-refractivity contribution in [2.24, 2.45) is 0 Å². The van der Waals surface area contributed by atoms with Crippen LogP contribution >= 0.6 is 0 Å². The molecule has 0 aliphatic carbocycles. The van der Waals surface area contributed by atoms with Gasteiger partial charge in [0.15, 0.2) is 0 Å². The Labute approximate surface area is 88.9 Å². The van der Waals surface area contributed by atoms with Crippen molar-refractivity contribution >= 4 is 5.97 Å². The molecule has 0 aromatic rings. The molecule has 4 nitrogen and oxygen atoms in total. The first-order valence-corrected chi connectivity index (χ1v) is 7.68. The zero-order valence-electron chi connectivity index (χ0n) is 7.62. The summed E-state index contributed by atoms with van der Waals surface area (Å²) in [5, 5.41) is 16.8. The second kappa shape index (κ2) is 11.3. The van der Waals surface area contributed by atoms with Crippen molar-refractivity contribution in [3.05, 3.63) is 0 Å². The summed E-state index contributed by atoms with van der Waals surface area (Å²) >= 11 is 1.07. The van der Waals surface area contributed by atoms with Crippen LogP contribution in [0.2, 0.25) is 3.93 Å². The van der Waals surface area contributed by atoms with E-state index < -0.39 is 12.1 Å². The molecule has 12 heavy (non-hydrogen) atoms. The normalized spacial score (nSPS) is 11.2. The van der Waals surface area contributed by atoms with Crippen LogP contribution in [0.25, 0.3) is 0 Å². The van der Waals surface area contributed by atoms with E-state index in [1.807, 2.05) is 0 Å². The van der Waals surface area contributed by atoms with Crippen LogP contribution in [0.15, 0.2) is 0 Å². The number of aliphatic hydroxyl groups is 2. The van der Waals surface area contributed by atoms with Crippen molar-refractivity contribution in [3.63, 3.8) is 0 Å². The molecule has 69 valence electrons. The average molecular weight is 364 g/mol. The summed E-state index contributed by atoms with van der Waals surface area (Å²) in [5.74, 6) is -0.456. The van der Waals surface area contributed by atoms with Crippen LogP contribution in [0.1, 0.15) is 13.8 Å². The fourth-order valence-corrected chi connectivity index (χ4v) is 0.266. The first-order valence-electron chi connectivity index (χ1n) is 3.79. The fourth-order valence-electron chi connectivity index (χ4n) is 0.266. The van der Waals surface area contributed by atoms with E-state index in [1.54, 1.807) is 0 Å². The Morgan fingerprint density at radius 2 is 2.08 bits per heavy atom. The van der Waals surface area contributed by atoms with Gasteiger partial charge in [-0.05, 0) is 0 Å². The molecule has 0 bridgehead atoms. The Kier molecular flexibility index (Phi) is 14.0. The van der Waals surface area contributed by atoms with Crippen molar-refractivity contribution in [2.75, 3.05) is 13.2 Å². The van der Waals surface area contributed by atoms with E-state index in [0.717, 1.165) is 26.1 Å². The monoisotopic (exact) mass is 365 g/mol. The van der Waals surface area contributed by atoms with Crippen LogP contribution in [0.5, 0.6) is 0 Å². The molecule has 0 saturated heterocycles. The Hall–Kier alpha value is 0.325. The molecular weight excluding hydrogens is 349 g/mol. The fraction of sp³-hybridized carbons (Fsp3) is 0.857. The van der Waals surface area contributed by atoms with Crippen molar-refractivity contribution in [2.45, 2.75) is 23.9 Å². The van der Waals surface area contributed by atoms with Crippen molar-refractivity contribution in [1.82, 2.24) is 0 Å². The number of hydrogen-bond donors (Lipinski definition) is 2. The molecule has 0 rings (SSSR count). The Bertz CT molecular complexity index is 108. The van der Waals surface area contributed by atoms with Crippen LogP contribution in [-0.4, -0.2) is 35.5 Å². The summed E-state index contributed by atoms with van der Waals surface area (Å²) < 4.78 is 5.79. The van der Waals surface area contributed by atoms with E-state index in [2.05, 4.69) is 11.7 Å². The Balaban J connectivity index is 0. The Morgan fingerprint density at radius 3 is 2.33 bits per heavy atom. The summed E-state index contributed by atoms with van der Waals surface area (Å²) in [6, 6.07) is 0. The van der Waals surface area contributed by atoms with Crippen LogP contribution in [0.3, 0.4) is 0 Å². The topological polar surface area (TPSA) is 66.8 Å². The molecule has 1 atom stereocenters. The predicted octanol–water partition coefficient (Wildman–Crippen LogP) is -0.126. The molecule has 0 aliphatic heterocycles. The van der Waals surface area contributed by atoms with Gasteiger partial charge in [0, 0.05) is 6.92 Å². The molecule has 0 amide bonds. The third-order valence-electron chi connectivity index (χ3n) is 0.690. The van der Waals surface area contributed by atoms with Gasteiger partial charge in [0.1, 0.15) is 12.7 Å². The standard InChI is InChI=1S/C5H10O4.C2H5.Hg/c1-4(7)9-3-5(8)2-6;1-2;/h5-6,8H,2-3H2,1H3;1H2,2H3;. The first kappa shape index (κ1) is 14.8. The summed E-state index contributed by atoms with van der Waals surface area (Å²) in [5.41, 5.74) is 0. The molecule has 0 spiro atoms. The van der Waals surface area contributed by atoms with Crippen molar-refractivity contribution < 1.29 is 45.9 Å². The van der Waals surface area contributed by atoms with Gasteiger partial charge in [0.05, 0.1) is 6.61 Å². The van der Waals surface area contributed by atoms with E-state index in [0.29, 0.717) is 0 Å². The molecule has 5 heteroatoms. The van der Waals surface area contributed by atoms with Gasteiger partial charge in [-0.25, -0.2) is 0 Å². The van der Waals surface area contributed by atoms with Gasteiger partial charge in [-0.1, -0.05) is 0 Å². The van der Waals surface area contributed by atoms with Gasteiger partial charge in [-0.15, -0.1) is 0 Å². The van der Waals surface area contributed by atoms with Gasteiger partial charge >= 0.3 is 42.9 Å². The molecule has 0 fully saturated rings. The quantitative estimate of drug-likeness (QED) is 0.542. The van der Waals surface area contributed by atoms with E-state index in [9.17, 15) is 4.79 Å². The second-order valence-electron chi connectivity index (χ2n) is 2.14. The number of ether oxygens (including phenoxy) is 1. The third-order valence-corrected chi connectivity index (χ3v) is 0.690. The van der Waals surface area contributed by atoms with Crippen molar-refractivity contribution in [1.29, 1.82) is 0 Å². The number of carbonyl (C=O) groups is 1. The Morgan fingerprint density at radius 1 is 1.67 bits per heavy atom. The van der Waals surface area contributed by atoms with Crippen LogP contribution in [0, 0.1) is 0 Å². The molecule has 0 aromatic heterocycles. The first-order chi connectivity index (χ1) is 5.58. The second-order valence-corrected chi connectivity index (χ2v) is 6.03. The van der Waals surface area contributed by atoms with Gasteiger partial charge in [0.25, 0.3) is 0 Å². The molecule has 1 unspecified atom stereocenters. The molecule has 0 heterocycles. The molecule has 0 radical (unpaired) electrons. The molecular formula is C7H15HgO4. The van der Waals surface area contributed by atoms with E-state index in [4.69, 9.17) is 10.2 Å². The number of carbonyl (C=O) groups excluding carboxylic acids is 1. The minimum atomic E-state index is -0.950. The SMILES string of the molecule is CC(=O)OCC(O)CO.C[CH2][Hg]. The van der Waals surface area contributed by atoms with Crippen LogP contribution < -0.4 is 0 Å². The van der Waals surface area contributed by atoms with Gasteiger partial charge < -0.3 is 14.9 Å². The molecule has 0 aromatic carbocycles. The van der Waals surface area contributed by atoms with Gasteiger partial charge in [0.2, 0.25) is 0 Å². The zero-order chi connectivity index (χ0) is 9.98. The van der Waals surface area contributed by atoms with Gasteiger partial charge in [-0.3, -0.25) is 4.79 Å². The van der Waals surface area contributed by atoms with Crippen molar-refractivity contribution in [3.8, 4) is 0 Å². The average Bonchev–Trinajstić information content (AvgIpc) is 2.01. The number of hydrogen-bond acceptors (Lipinski definition) is 4. The molecule has 2 N–H and O–H groups in total. The summed E-state index contributed by atoms with van der Waals surface area (Å²) in [4.78, 5) is 10.0. The minimum absolute atomic E-state index is 0.133. The third kappa shape index (κ3) is 16.7. The summed E-state index contributed by atoms with van der Waals surface area (Å²) in [6.07, 6.45) is -0.950. The predicted molar refractivity (Wildman–Crippen MR) is 40.2 cm³/mol. The maximum atomic E-state index is 10.0. The van der Waals surface area contributed by atoms with E-state index in [-0.39, 0.29) is 13.2 Å². The number of esters is 1. The number of rotatable bonds is 3. The van der Waals surface area contributed by atoms with Gasteiger partial charge in [-0.2, -0.15) is 0 Å². The number of aliphatic hydroxyl groups excluding tert-OH is 2.